The lowest BCUT2D eigenvalue weighted by Gasteiger charge is -2.60. The predicted molar refractivity (Wildman–Crippen MR) is 128 cm³/mol. The Morgan fingerprint density at radius 2 is 1.82 bits per heavy atom. The van der Waals surface area contributed by atoms with Crippen molar-refractivity contribution in [3.8, 4) is 5.75 Å². The molecule has 6 atom stereocenters. The maximum absolute atomic E-state index is 12.9. The molecule has 8 nitrogen and oxygen atoms in total. The molecule has 0 spiro atoms. The van der Waals surface area contributed by atoms with Gasteiger partial charge in [0.05, 0.1) is 19.8 Å². The summed E-state index contributed by atoms with van der Waals surface area (Å²) >= 11 is 0. The Kier molecular flexibility index (Phi) is 8.47. The van der Waals surface area contributed by atoms with E-state index in [1.165, 1.54) is 0 Å². The molecule has 0 radical (unpaired) electrons. The van der Waals surface area contributed by atoms with Crippen LogP contribution in [0.5, 0.6) is 5.75 Å². The molecule has 1 aromatic carbocycles. The molecule has 2 amide bonds. The van der Waals surface area contributed by atoms with Crippen LogP contribution in [0.1, 0.15) is 58.4 Å². The van der Waals surface area contributed by atoms with Crippen LogP contribution in [0.2, 0.25) is 0 Å². The van der Waals surface area contributed by atoms with Gasteiger partial charge in [-0.3, -0.25) is 4.79 Å². The number of carbonyl (C=O) groups excluding carboxylic acids is 2. The lowest BCUT2D eigenvalue weighted by atomic mass is 9.46. The average molecular weight is 477 g/mol. The molecule has 190 valence electrons. The summed E-state index contributed by atoms with van der Waals surface area (Å²) in [6.07, 6.45) is 1.31. The summed E-state index contributed by atoms with van der Waals surface area (Å²) < 4.78 is 10.9. The molecule has 2 fully saturated rings. The topological polar surface area (TPSA) is 117 Å². The molecule has 6 unspecified atom stereocenters. The molecule has 2 aliphatic rings. The molecule has 2 aliphatic carbocycles. The van der Waals surface area contributed by atoms with E-state index in [2.05, 4.69) is 17.6 Å². The molecule has 4 N–H and O–H groups in total. The number of alkyl carbamates (subject to hydrolysis) is 1. The number of carbonyl (C=O) groups is 2. The maximum atomic E-state index is 12.9. The fraction of sp³-hybridized carbons (Fsp3) is 0.692. The summed E-state index contributed by atoms with van der Waals surface area (Å²) in [6, 6.07) is 7.53. The Morgan fingerprint density at radius 1 is 1.12 bits per heavy atom. The van der Waals surface area contributed by atoms with Crippen LogP contribution in [-0.2, 0) is 16.1 Å². The highest BCUT2D eigenvalue weighted by molar-refractivity contribution is 5.76. The summed E-state index contributed by atoms with van der Waals surface area (Å²) in [7, 11) is 1.61. The number of rotatable bonds is 8. The van der Waals surface area contributed by atoms with Crippen LogP contribution in [-0.4, -0.2) is 54.7 Å². The molecule has 2 saturated carbocycles. The van der Waals surface area contributed by atoms with E-state index in [9.17, 15) is 19.8 Å². The van der Waals surface area contributed by atoms with E-state index in [-0.39, 0.29) is 36.2 Å². The standard InChI is InChI=1S/C26H40N2O6/c1-5-27-24(32)34-22-12-13-25(2)19(20(30)10-11-21(25)26(22,3)16-29)14-23(31)28-15-17-6-8-18(33-4)9-7-17/h6-9,19-22,29-30H,5,10-16H2,1-4H3,(H,27,32)(H,28,31). The van der Waals surface area contributed by atoms with Gasteiger partial charge < -0.3 is 30.3 Å². The first-order chi connectivity index (χ1) is 16.2. The fourth-order valence-corrected chi connectivity index (χ4v) is 6.31. The van der Waals surface area contributed by atoms with E-state index in [0.717, 1.165) is 11.3 Å². The first-order valence-corrected chi connectivity index (χ1v) is 12.3. The highest BCUT2D eigenvalue weighted by Gasteiger charge is 2.60. The summed E-state index contributed by atoms with van der Waals surface area (Å²) in [5.41, 5.74) is -0.0256. The van der Waals surface area contributed by atoms with Crippen molar-refractivity contribution in [3.05, 3.63) is 29.8 Å². The van der Waals surface area contributed by atoms with Gasteiger partial charge in [-0.15, -0.1) is 0 Å². The van der Waals surface area contributed by atoms with Gasteiger partial charge in [-0.2, -0.15) is 0 Å². The third-order valence-corrected chi connectivity index (χ3v) is 8.30. The molecule has 34 heavy (non-hydrogen) atoms. The van der Waals surface area contributed by atoms with Crippen molar-refractivity contribution in [2.24, 2.45) is 22.7 Å². The minimum atomic E-state index is -0.643. The normalized spacial score (nSPS) is 32.9. The van der Waals surface area contributed by atoms with Crippen molar-refractivity contribution in [3.63, 3.8) is 0 Å². The molecule has 0 bridgehead atoms. The SMILES string of the molecule is CCNC(=O)OC1CCC2(C)C(CC(=O)NCc3ccc(OC)cc3)C(O)CCC2C1(C)CO. The second kappa shape index (κ2) is 11.0. The highest BCUT2D eigenvalue weighted by atomic mass is 16.6. The average Bonchev–Trinajstić information content (AvgIpc) is 2.82. The number of methoxy groups -OCH3 is 1. The van der Waals surface area contributed by atoms with Gasteiger partial charge in [0.1, 0.15) is 11.9 Å². The lowest BCUT2D eigenvalue weighted by Crippen LogP contribution is -2.61. The number of amides is 2. The van der Waals surface area contributed by atoms with Gasteiger partial charge in [-0.1, -0.05) is 26.0 Å². The Hall–Kier alpha value is -2.32. The second-order valence-electron chi connectivity index (χ2n) is 10.3. The zero-order valence-corrected chi connectivity index (χ0v) is 20.8. The van der Waals surface area contributed by atoms with Crippen LogP contribution >= 0.6 is 0 Å². The molecule has 3 rings (SSSR count). The zero-order valence-electron chi connectivity index (χ0n) is 20.8. The van der Waals surface area contributed by atoms with Gasteiger partial charge in [0.2, 0.25) is 5.91 Å². The number of hydrogen-bond donors (Lipinski definition) is 4. The minimum Gasteiger partial charge on any atom is -0.497 e. The van der Waals surface area contributed by atoms with Crippen molar-refractivity contribution in [1.29, 1.82) is 0 Å². The van der Waals surface area contributed by atoms with Crippen LogP contribution in [0.4, 0.5) is 4.79 Å². The van der Waals surface area contributed by atoms with Crippen molar-refractivity contribution in [2.75, 3.05) is 20.3 Å². The predicted octanol–water partition coefficient (Wildman–Crippen LogP) is 3.00. The third-order valence-electron chi connectivity index (χ3n) is 8.30. The van der Waals surface area contributed by atoms with Crippen LogP contribution in [0.3, 0.4) is 0 Å². The molecular weight excluding hydrogens is 436 g/mol. The van der Waals surface area contributed by atoms with Crippen molar-refractivity contribution < 1.29 is 29.3 Å². The van der Waals surface area contributed by atoms with Gasteiger partial charge in [-0.25, -0.2) is 4.79 Å². The number of fused-ring (bicyclic) bond motifs is 1. The molecular formula is C26H40N2O6. The Morgan fingerprint density at radius 3 is 2.44 bits per heavy atom. The Labute approximate surface area is 202 Å². The van der Waals surface area contributed by atoms with Crippen molar-refractivity contribution >= 4 is 12.0 Å². The van der Waals surface area contributed by atoms with E-state index in [4.69, 9.17) is 9.47 Å². The zero-order chi connectivity index (χ0) is 24.9. The van der Waals surface area contributed by atoms with Crippen molar-refractivity contribution in [1.82, 2.24) is 10.6 Å². The fourth-order valence-electron chi connectivity index (χ4n) is 6.31. The Bertz CT molecular complexity index is 846. The number of benzene rings is 1. The van der Waals surface area contributed by atoms with Gasteiger partial charge in [-0.05, 0) is 67.6 Å². The van der Waals surface area contributed by atoms with E-state index in [0.29, 0.717) is 38.8 Å². The van der Waals surface area contributed by atoms with E-state index in [1.807, 2.05) is 38.1 Å². The number of aliphatic hydroxyl groups excluding tert-OH is 2. The first kappa shape index (κ1) is 26.3. The number of hydrogen-bond acceptors (Lipinski definition) is 6. The van der Waals surface area contributed by atoms with Crippen LogP contribution in [0.25, 0.3) is 0 Å². The molecule has 0 aromatic heterocycles. The van der Waals surface area contributed by atoms with Crippen LogP contribution < -0.4 is 15.4 Å². The van der Waals surface area contributed by atoms with Gasteiger partial charge in [0.25, 0.3) is 0 Å². The smallest absolute Gasteiger partial charge is 0.407 e. The highest BCUT2D eigenvalue weighted by Crippen LogP contribution is 2.61. The van der Waals surface area contributed by atoms with Gasteiger partial charge in [0, 0.05) is 24.9 Å². The van der Waals surface area contributed by atoms with Crippen molar-refractivity contribution in [2.45, 2.75) is 71.6 Å². The number of nitrogens with one attached hydrogen (secondary N) is 2. The minimum absolute atomic E-state index is 0.0148. The summed E-state index contributed by atoms with van der Waals surface area (Å²) in [6.45, 7) is 6.68. The summed E-state index contributed by atoms with van der Waals surface area (Å²) in [5.74, 6) is 0.436. The van der Waals surface area contributed by atoms with E-state index >= 15 is 0 Å². The molecule has 0 saturated heterocycles. The monoisotopic (exact) mass is 476 g/mol. The van der Waals surface area contributed by atoms with E-state index in [1.54, 1.807) is 7.11 Å². The summed E-state index contributed by atoms with van der Waals surface area (Å²) in [4.78, 5) is 25.0. The van der Waals surface area contributed by atoms with Gasteiger partial charge in [0.15, 0.2) is 0 Å². The number of aliphatic hydroxyl groups is 2. The molecule has 0 heterocycles. The largest absolute Gasteiger partial charge is 0.497 e. The quantitative estimate of drug-likeness (QED) is 0.458. The first-order valence-electron chi connectivity index (χ1n) is 12.3. The second-order valence-corrected chi connectivity index (χ2v) is 10.3. The maximum Gasteiger partial charge on any atom is 0.407 e. The molecule has 1 aromatic rings. The summed E-state index contributed by atoms with van der Waals surface area (Å²) in [5, 5.41) is 27.0. The van der Waals surface area contributed by atoms with Gasteiger partial charge >= 0.3 is 6.09 Å². The van der Waals surface area contributed by atoms with Crippen LogP contribution in [0, 0.1) is 22.7 Å². The third kappa shape index (κ3) is 5.33. The number of ether oxygens (including phenoxy) is 2. The van der Waals surface area contributed by atoms with Crippen LogP contribution in [0.15, 0.2) is 24.3 Å². The Balaban J connectivity index is 1.71. The van der Waals surface area contributed by atoms with E-state index < -0.39 is 23.7 Å². The molecule has 8 heteroatoms. The molecule has 0 aliphatic heterocycles. The lowest BCUT2D eigenvalue weighted by molar-refractivity contribution is -0.185.